The molecule has 1 amide bonds. The monoisotopic (exact) mass is 354 g/mol. The van der Waals surface area contributed by atoms with Gasteiger partial charge in [0.1, 0.15) is 5.65 Å². The molecule has 0 saturated heterocycles. The van der Waals surface area contributed by atoms with Crippen molar-refractivity contribution >= 4 is 23.3 Å². The molecular weight excluding hydrogens is 336 g/mol. The lowest BCUT2D eigenvalue weighted by Gasteiger charge is -2.07. The van der Waals surface area contributed by atoms with Crippen molar-refractivity contribution in [2.24, 2.45) is 0 Å². The average Bonchev–Trinajstić information content (AvgIpc) is 3.13. The van der Waals surface area contributed by atoms with E-state index >= 15 is 0 Å². The van der Waals surface area contributed by atoms with Gasteiger partial charge in [-0.1, -0.05) is 30.3 Å². The Morgan fingerprint density at radius 2 is 2.00 bits per heavy atom. The normalized spacial score (nSPS) is 11.1. The molecule has 0 fully saturated rings. The number of imidazole rings is 1. The molecule has 0 spiro atoms. The van der Waals surface area contributed by atoms with Crippen LogP contribution in [0.3, 0.4) is 0 Å². The molecule has 0 radical (unpaired) electrons. The highest BCUT2D eigenvalue weighted by Crippen LogP contribution is 2.28. The van der Waals surface area contributed by atoms with E-state index in [0.29, 0.717) is 0 Å². The smallest absolute Gasteiger partial charge is 0.248 e. The Balaban J connectivity index is 1.62. The number of fused-ring (bicyclic) bond motifs is 1. The van der Waals surface area contributed by atoms with Crippen LogP contribution in [0.2, 0.25) is 0 Å². The number of hydrogen-bond acceptors (Lipinski definition) is 3. The van der Waals surface area contributed by atoms with Gasteiger partial charge in [-0.15, -0.1) is 0 Å². The summed E-state index contributed by atoms with van der Waals surface area (Å²) in [5.74, 6) is -0.203. The number of carbonyl (C=O) groups excluding carboxylic acids is 1. The molecule has 0 aliphatic carbocycles. The van der Waals surface area contributed by atoms with E-state index in [4.69, 9.17) is 4.98 Å². The zero-order valence-corrected chi connectivity index (χ0v) is 14.8. The molecule has 5 heteroatoms. The van der Waals surface area contributed by atoms with Crippen LogP contribution in [-0.4, -0.2) is 20.3 Å². The molecule has 0 aliphatic heterocycles. The van der Waals surface area contributed by atoms with Gasteiger partial charge in [0.25, 0.3) is 0 Å². The molecule has 27 heavy (non-hydrogen) atoms. The summed E-state index contributed by atoms with van der Waals surface area (Å²) in [7, 11) is 0. The van der Waals surface area contributed by atoms with Gasteiger partial charge >= 0.3 is 0 Å². The second-order valence-electron chi connectivity index (χ2n) is 6.20. The number of hydrogen-bond donors (Lipinski definition) is 1. The van der Waals surface area contributed by atoms with Crippen LogP contribution in [0.1, 0.15) is 11.1 Å². The minimum absolute atomic E-state index is 0.203. The number of pyridine rings is 2. The largest absolute Gasteiger partial charge is 0.322 e. The van der Waals surface area contributed by atoms with Crippen LogP contribution in [0.15, 0.2) is 79.4 Å². The number of nitrogens with zero attached hydrogens (tertiary/aromatic N) is 3. The highest BCUT2D eigenvalue weighted by atomic mass is 16.1. The predicted molar refractivity (Wildman–Crippen MR) is 107 cm³/mol. The van der Waals surface area contributed by atoms with Crippen LogP contribution in [0.4, 0.5) is 5.69 Å². The Hall–Kier alpha value is -3.73. The molecule has 1 aromatic carbocycles. The van der Waals surface area contributed by atoms with Gasteiger partial charge in [-0.3, -0.25) is 9.78 Å². The van der Waals surface area contributed by atoms with Gasteiger partial charge in [0.2, 0.25) is 5.91 Å². The van der Waals surface area contributed by atoms with Crippen molar-refractivity contribution in [1.82, 2.24) is 14.4 Å². The molecule has 4 rings (SSSR count). The third-order valence-corrected chi connectivity index (χ3v) is 4.25. The lowest BCUT2D eigenvalue weighted by molar-refractivity contribution is -0.111. The van der Waals surface area contributed by atoms with Crippen molar-refractivity contribution in [1.29, 1.82) is 0 Å². The molecule has 132 valence electrons. The van der Waals surface area contributed by atoms with Gasteiger partial charge in [0, 0.05) is 36.4 Å². The van der Waals surface area contributed by atoms with E-state index in [2.05, 4.69) is 10.3 Å². The number of rotatable bonds is 4. The first-order valence-corrected chi connectivity index (χ1v) is 8.63. The number of carbonyl (C=O) groups is 1. The van der Waals surface area contributed by atoms with Gasteiger partial charge in [-0.25, -0.2) is 4.98 Å². The molecule has 0 aliphatic rings. The van der Waals surface area contributed by atoms with E-state index in [1.54, 1.807) is 18.5 Å². The number of amides is 1. The summed E-state index contributed by atoms with van der Waals surface area (Å²) in [6.07, 6.45) is 10.6. The van der Waals surface area contributed by atoms with Crippen LogP contribution in [-0.2, 0) is 4.79 Å². The van der Waals surface area contributed by atoms with Gasteiger partial charge in [-0.2, -0.15) is 0 Å². The van der Waals surface area contributed by atoms with E-state index < -0.39 is 0 Å². The number of nitrogens with one attached hydrogen (secondary N) is 1. The summed E-state index contributed by atoms with van der Waals surface area (Å²) >= 11 is 0. The van der Waals surface area contributed by atoms with Gasteiger partial charge in [-0.05, 0) is 42.3 Å². The number of anilines is 1. The third kappa shape index (κ3) is 3.62. The van der Waals surface area contributed by atoms with Crippen LogP contribution in [0.5, 0.6) is 0 Å². The SMILES string of the molecule is Cc1cccn2cc(-c3ccccc3NC(=O)/C=C/c3cccnc3)nc12. The summed E-state index contributed by atoms with van der Waals surface area (Å²) < 4.78 is 1.99. The third-order valence-electron chi connectivity index (χ3n) is 4.25. The molecule has 3 aromatic heterocycles. The van der Waals surface area contributed by atoms with Gasteiger partial charge in [0.05, 0.1) is 11.4 Å². The van der Waals surface area contributed by atoms with Crippen LogP contribution in [0, 0.1) is 6.92 Å². The van der Waals surface area contributed by atoms with Crippen molar-refractivity contribution in [3.63, 3.8) is 0 Å². The average molecular weight is 354 g/mol. The first kappa shape index (κ1) is 16.7. The Morgan fingerprint density at radius 1 is 1.11 bits per heavy atom. The Kier molecular flexibility index (Phi) is 4.49. The summed E-state index contributed by atoms with van der Waals surface area (Å²) in [6, 6.07) is 15.4. The molecule has 5 nitrogen and oxygen atoms in total. The maximum Gasteiger partial charge on any atom is 0.248 e. The van der Waals surface area contributed by atoms with Crippen LogP contribution in [0.25, 0.3) is 23.0 Å². The zero-order valence-electron chi connectivity index (χ0n) is 14.8. The topological polar surface area (TPSA) is 59.3 Å². The zero-order chi connectivity index (χ0) is 18.6. The number of benzene rings is 1. The van der Waals surface area contributed by atoms with E-state index in [1.807, 2.05) is 72.2 Å². The highest BCUT2D eigenvalue weighted by Gasteiger charge is 2.11. The van der Waals surface area contributed by atoms with Crippen molar-refractivity contribution in [3.05, 3.63) is 90.5 Å². The Bertz CT molecular complexity index is 1130. The quantitative estimate of drug-likeness (QED) is 0.554. The lowest BCUT2D eigenvalue weighted by Crippen LogP contribution is -2.08. The number of aromatic nitrogens is 3. The lowest BCUT2D eigenvalue weighted by atomic mass is 10.1. The first-order chi connectivity index (χ1) is 13.2. The molecule has 0 saturated carbocycles. The number of para-hydroxylation sites is 1. The molecule has 1 N–H and O–H groups in total. The highest BCUT2D eigenvalue weighted by molar-refractivity contribution is 6.04. The fourth-order valence-electron chi connectivity index (χ4n) is 2.92. The summed E-state index contributed by atoms with van der Waals surface area (Å²) in [4.78, 5) is 21.1. The maximum absolute atomic E-state index is 12.4. The number of aryl methyl sites for hydroxylation is 1. The van der Waals surface area contributed by atoms with E-state index in [1.165, 1.54) is 6.08 Å². The van der Waals surface area contributed by atoms with E-state index in [0.717, 1.165) is 33.7 Å². The molecule has 0 unspecified atom stereocenters. The van der Waals surface area contributed by atoms with Gasteiger partial charge in [0.15, 0.2) is 0 Å². The summed E-state index contributed by atoms with van der Waals surface area (Å²) in [5.41, 5.74) is 5.30. The minimum Gasteiger partial charge on any atom is -0.322 e. The fraction of sp³-hybridized carbons (Fsp3) is 0.0455. The minimum atomic E-state index is -0.203. The van der Waals surface area contributed by atoms with Crippen molar-refractivity contribution in [3.8, 4) is 11.3 Å². The standard InChI is InChI=1S/C22H18N4O/c1-16-6-5-13-26-15-20(25-22(16)26)18-8-2-3-9-19(18)24-21(27)11-10-17-7-4-12-23-14-17/h2-15H,1H3,(H,24,27)/b11-10+. The predicted octanol–water partition coefficient (Wildman–Crippen LogP) is 4.36. The van der Waals surface area contributed by atoms with Crippen molar-refractivity contribution in [2.45, 2.75) is 6.92 Å². The first-order valence-electron chi connectivity index (χ1n) is 8.63. The van der Waals surface area contributed by atoms with Crippen LogP contribution >= 0.6 is 0 Å². The maximum atomic E-state index is 12.4. The summed E-state index contributed by atoms with van der Waals surface area (Å²) in [6.45, 7) is 2.03. The second-order valence-corrected chi connectivity index (χ2v) is 6.20. The molecular formula is C22H18N4O. The van der Waals surface area contributed by atoms with Crippen molar-refractivity contribution in [2.75, 3.05) is 5.32 Å². The molecule has 3 heterocycles. The van der Waals surface area contributed by atoms with E-state index in [9.17, 15) is 4.79 Å². The molecule has 0 atom stereocenters. The van der Waals surface area contributed by atoms with Crippen LogP contribution < -0.4 is 5.32 Å². The second kappa shape index (κ2) is 7.25. The fourth-order valence-corrected chi connectivity index (χ4v) is 2.92. The van der Waals surface area contributed by atoms with Crippen molar-refractivity contribution < 1.29 is 4.79 Å². The summed E-state index contributed by atoms with van der Waals surface area (Å²) in [5, 5.41) is 2.94. The van der Waals surface area contributed by atoms with E-state index in [-0.39, 0.29) is 5.91 Å². The molecule has 4 aromatic rings. The van der Waals surface area contributed by atoms with Gasteiger partial charge < -0.3 is 9.72 Å². The Morgan fingerprint density at radius 3 is 2.81 bits per heavy atom. The Labute approximate surface area is 157 Å². The molecule has 0 bridgehead atoms.